The molecule has 0 saturated heterocycles. The largest absolute Gasteiger partial charge is 0.380 e. The van der Waals surface area contributed by atoms with E-state index in [0.717, 1.165) is 34.5 Å². The van der Waals surface area contributed by atoms with Gasteiger partial charge in [-0.2, -0.15) is 0 Å². The Kier molecular flexibility index (Phi) is 5.50. The van der Waals surface area contributed by atoms with E-state index < -0.39 is 0 Å². The van der Waals surface area contributed by atoms with Crippen LogP contribution < -0.4 is 10.6 Å². The lowest BCUT2D eigenvalue weighted by atomic mass is 10.1. The number of thiophene rings is 1. The molecule has 5 nitrogen and oxygen atoms in total. The number of amides is 2. The molecule has 0 spiro atoms. The van der Waals surface area contributed by atoms with Gasteiger partial charge in [-0.25, -0.2) is 0 Å². The summed E-state index contributed by atoms with van der Waals surface area (Å²) in [6.45, 7) is 2.85. The van der Waals surface area contributed by atoms with E-state index in [1.54, 1.807) is 7.11 Å². The van der Waals surface area contributed by atoms with E-state index in [9.17, 15) is 9.59 Å². The van der Waals surface area contributed by atoms with Gasteiger partial charge in [0.05, 0.1) is 16.5 Å². The van der Waals surface area contributed by atoms with Crippen LogP contribution in [0.25, 0.3) is 0 Å². The minimum absolute atomic E-state index is 0.0571. The van der Waals surface area contributed by atoms with Crippen molar-refractivity contribution in [3.05, 3.63) is 51.9 Å². The van der Waals surface area contributed by atoms with E-state index in [4.69, 9.17) is 4.74 Å². The van der Waals surface area contributed by atoms with Crippen molar-refractivity contribution in [2.45, 2.75) is 32.9 Å². The monoisotopic (exact) mass is 358 g/mol. The SMILES string of the molecule is COCc1ccccc1CNC(=O)c1sc(NC(=O)C2CC2)cc1C. The van der Waals surface area contributed by atoms with Gasteiger partial charge < -0.3 is 15.4 Å². The van der Waals surface area contributed by atoms with E-state index >= 15 is 0 Å². The molecule has 2 amide bonds. The third-order valence-corrected chi connectivity index (χ3v) is 5.33. The molecule has 0 aliphatic heterocycles. The van der Waals surface area contributed by atoms with Crippen molar-refractivity contribution in [2.24, 2.45) is 5.92 Å². The average molecular weight is 358 g/mol. The minimum atomic E-state index is -0.123. The van der Waals surface area contributed by atoms with Gasteiger partial charge in [0.15, 0.2) is 0 Å². The van der Waals surface area contributed by atoms with Crippen LogP contribution >= 0.6 is 11.3 Å². The maximum Gasteiger partial charge on any atom is 0.261 e. The van der Waals surface area contributed by atoms with Gasteiger partial charge in [-0.3, -0.25) is 9.59 Å². The Balaban J connectivity index is 1.63. The van der Waals surface area contributed by atoms with Crippen LogP contribution in [0.1, 0.15) is 39.2 Å². The van der Waals surface area contributed by atoms with Gasteiger partial charge >= 0.3 is 0 Å². The van der Waals surface area contributed by atoms with Crippen molar-refractivity contribution < 1.29 is 14.3 Å². The first-order chi connectivity index (χ1) is 12.1. The second kappa shape index (κ2) is 7.80. The first-order valence-electron chi connectivity index (χ1n) is 8.33. The third kappa shape index (κ3) is 4.46. The summed E-state index contributed by atoms with van der Waals surface area (Å²) in [5.74, 6) is 0.0836. The second-order valence-electron chi connectivity index (χ2n) is 6.27. The summed E-state index contributed by atoms with van der Waals surface area (Å²) in [5, 5.41) is 6.60. The third-order valence-electron chi connectivity index (χ3n) is 4.18. The lowest BCUT2D eigenvalue weighted by Gasteiger charge is -2.10. The number of benzene rings is 1. The maximum absolute atomic E-state index is 12.5. The van der Waals surface area contributed by atoms with Crippen molar-refractivity contribution in [3.63, 3.8) is 0 Å². The van der Waals surface area contributed by atoms with Crippen LogP contribution in [-0.2, 0) is 22.7 Å². The smallest absolute Gasteiger partial charge is 0.261 e. The van der Waals surface area contributed by atoms with Crippen LogP contribution in [0.15, 0.2) is 30.3 Å². The van der Waals surface area contributed by atoms with Crippen LogP contribution in [0.5, 0.6) is 0 Å². The summed E-state index contributed by atoms with van der Waals surface area (Å²) >= 11 is 1.32. The highest BCUT2D eigenvalue weighted by atomic mass is 32.1. The minimum Gasteiger partial charge on any atom is -0.380 e. The number of hydrogen-bond donors (Lipinski definition) is 2. The van der Waals surface area contributed by atoms with Crippen LogP contribution in [0.3, 0.4) is 0 Å². The summed E-state index contributed by atoms with van der Waals surface area (Å²) in [5.41, 5.74) is 2.97. The second-order valence-corrected chi connectivity index (χ2v) is 7.32. The zero-order valence-electron chi connectivity index (χ0n) is 14.4. The Labute approximate surface area is 151 Å². The van der Waals surface area contributed by atoms with Crippen molar-refractivity contribution in [1.29, 1.82) is 0 Å². The zero-order valence-corrected chi connectivity index (χ0v) is 15.2. The number of anilines is 1. The highest BCUT2D eigenvalue weighted by Gasteiger charge is 2.30. The number of carbonyl (C=O) groups excluding carboxylic acids is 2. The fourth-order valence-corrected chi connectivity index (χ4v) is 3.61. The van der Waals surface area contributed by atoms with E-state index in [1.807, 2.05) is 37.3 Å². The van der Waals surface area contributed by atoms with Crippen LogP contribution in [-0.4, -0.2) is 18.9 Å². The van der Waals surface area contributed by atoms with Gasteiger partial charge in [0.1, 0.15) is 0 Å². The molecule has 1 heterocycles. The topological polar surface area (TPSA) is 67.4 Å². The Bertz CT molecular complexity index is 781. The van der Waals surface area contributed by atoms with Gasteiger partial charge in [0.25, 0.3) is 5.91 Å². The van der Waals surface area contributed by atoms with E-state index in [1.165, 1.54) is 11.3 Å². The molecule has 0 bridgehead atoms. The summed E-state index contributed by atoms with van der Waals surface area (Å²) in [4.78, 5) is 25.0. The molecule has 0 radical (unpaired) electrons. The van der Waals surface area contributed by atoms with Crippen molar-refractivity contribution in [3.8, 4) is 0 Å². The molecule has 1 aliphatic carbocycles. The quantitative estimate of drug-likeness (QED) is 0.796. The fourth-order valence-electron chi connectivity index (χ4n) is 2.62. The van der Waals surface area contributed by atoms with Crippen LogP contribution in [0.2, 0.25) is 0 Å². The maximum atomic E-state index is 12.5. The first-order valence-corrected chi connectivity index (χ1v) is 9.15. The number of hydrogen-bond acceptors (Lipinski definition) is 4. The van der Waals surface area contributed by atoms with E-state index in [0.29, 0.717) is 18.0 Å². The molecule has 25 heavy (non-hydrogen) atoms. The number of carbonyl (C=O) groups is 2. The molecule has 0 atom stereocenters. The van der Waals surface area contributed by atoms with E-state index in [-0.39, 0.29) is 17.7 Å². The molecule has 132 valence electrons. The molecular formula is C19H22N2O3S. The zero-order chi connectivity index (χ0) is 17.8. The molecule has 6 heteroatoms. The number of nitrogens with one attached hydrogen (secondary N) is 2. The molecule has 0 unspecified atom stereocenters. The highest BCUT2D eigenvalue weighted by Crippen LogP contribution is 2.32. The molecule has 1 aromatic carbocycles. The summed E-state index contributed by atoms with van der Waals surface area (Å²) < 4.78 is 5.19. The predicted octanol–water partition coefficient (Wildman–Crippen LogP) is 3.48. The Morgan fingerprint density at radius 1 is 1.24 bits per heavy atom. The lowest BCUT2D eigenvalue weighted by Crippen LogP contribution is -2.23. The van der Waals surface area contributed by atoms with E-state index in [2.05, 4.69) is 10.6 Å². The van der Waals surface area contributed by atoms with Crippen molar-refractivity contribution >= 4 is 28.2 Å². The lowest BCUT2D eigenvalue weighted by molar-refractivity contribution is -0.117. The Morgan fingerprint density at radius 2 is 1.96 bits per heavy atom. The normalized spacial score (nSPS) is 13.5. The molecule has 1 aromatic heterocycles. The van der Waals surface area contributed by atoms with Crippen LogP contribution in [0.4, 0.5) is 5.00 Å². The fraction of sp³-hybridized carbons (Fsp3) is 0.368. The highest BCUT2D eigenvalue weighted by molar-refractivity contribution is 7.18. The predicted molar refractivity (Wildman–Crippen MR) is 98.7 cm³/mol. The Morgan fingerprint density at radius 3 is 2.64 bits per heavy atom. The number of rotatable bonds is 7. The van der Waals surface area contributed by atoms with Gasteiger partial charge in [-0.1, -0.05) is 24.3 Å². The van der Waals surface area contributed by atoms with Gasteiger partial charge in [-0.05, 0) is 42.5 Å². The first kappa shape index (κ1) is 17.6. The molecule has 1 fully saturated rings. The van der Waals surface area contributed by atoms with Crippen molar-refractivity contribution in [2.75, 3.05) is 12.4 Å². The molecule has 2 N–H and O–H groups in total. The number of ether oxygens (including phenoxy) is 1. The van der Waals surface area contributed by atoms with Gasteiger partial charge in [0, 0.05) is 19.6 Å². The summed E-state index contributed by atoms with van der Waals surface area (Å²) in [6.07, 6.45) is 1.93. The molecule has 1 saturated carbocycles. The molecule has 3 rings (SSSR count). The van der Waals surface area contributed by atoms with Crippen LogP contribution in [0, 0.1) is 12.8 Å². The number of methoxy groups -OCH3 is 1. The molecule has 2 aromatic rings. The number of aryl methyl sites for hydroxylation is 1. The summed E-state index contributed by atoms with van der Waals surface area (Å²) in [7, 11) is 1.65. The summed E-state index contributed by atoms with van der Waals surface area (Å²) in [6, 6.07) is 9.74. The van der Waals surface area contributed by atoms with Crippen molar-refractivity contribution in [1.82, 2.24) is 5.32 Å². The standard InChI is InChI=1S/C19H22N2O3S/c1-12-9-16(21-18(22)13-7-8-13)25-17(12)19(23)20-10-14-5-3-4-6-15(14)11-24-2/h3-6,9,13H,7-8,10-11H2,1-2H3,(H,20,23)(H,21,22). The van der Waals surface area contributed by atoms with Gasteiger partial charge in [0.2, 0.25) is 5.91 Å². The van der Waals surface area contributed by atoms with Gasteiger partial charge in [-0.15, -0.1) is 11.3 Å². The molecular weight excluding hydrogens is 336 g/mol. The average Bonchev–Trinajstić information content (AvgIpc) is 3.38. The Hall–Kier alpha value is -2.18. The molecule has 1 aliphatic rings.